The second-order valence-electron chi connectivity index (χ2n) is 5.14. The minimum absolute atomic E-state index is 0.239. The average molecular weight is 306 g/mol. The summed E-state index contributed by atoms with van der Waals surface area (Å²) in [5.41, 5.74) is 3.57. The van der Waals surface area contributed by atoms with Gasteiger partial charge in [0.25, 0.3) is 0 Å². The summed E-state index contributed by atoms with van der Waals surface area (Å²) in [6.07, 6.45) is 1.84. The van der Waals surface area contributed by atoms with E-state index in [-0.39, 0.29) is 6.04 Å². The molecule has 3 nitrogen and oxygen atoms in total. The molecule has 0 amide bonds. The molecule has 4 heteroatoms. The molecule has 0 aliphatic heterocycles. The highest BCUT2D eigenvalue weighted by atomic mass is 35.5. The maximum Gasteiger partial charge on any atom is 0.0625 e. The molecule has 0 saturated heterocycles. The third-order valence-corrected chi connectivity index (χ3v) is 4.08. The Morgan fingerprint density at radius 1 is 1.24 bits per heavy atom. The number of halogens is 1. The summed E-state index contributed by atoms with van der Waals surface area (Å²) in [5, 5.41) is 9.06. The molecule has 0 bridgehead atoms. The molecule has 0 fully saturated rings. The summed E-state index contributed by atoms with van der Waals surface area (Å²) < 4.78 is 2.10. The fraction of sp³-hybridized carbons (Fsp3) is 0.471. The van der Waals surface area contributed by atoms with Gasteiger partial charge in [-0.15, -0.1) is 0 Å². The highest BCUT2D eigenvalue weighted by molar-refractivity contribution is 6.31. The van der Waals surface area contributed by atoms with E-state index in [4.69, 9.17) is 11.6 Å². The third kappa shape index (κ3) is 3.86. The standard InChI is InChI=1S/C17H24ClN3/c1-4-14-12-17(21(6-3)20-14)16(19-5-2)11-13-9-7-8-10-15(13)18/h7-10,12,16,19H,4-6,11H2,1-3H3. The van der Waals surface area contributed by atoms with Gasteiger partial charge in [-0.25, -0.2) is 0 Å². The number of rotatable bonds is 7. The van der Waals surface area contributed by atoms with E-state index in [0.29, 0.717) is 0 Å². The van der Waals surface area contributed by atoms with Crippen LogP contribution in [0.1, 0.15) is 43.8 Å². The molecule has 0 spiro atoms. The molecule has 2 aromatic rings. The van der Waals surface area contributed by atoms with E-state index in [9.17, 15) is 0 Å². The van der Waals surface area contributed by atoms with Gasteiger partial charge in [0.05, 0.1) is 17.4 Å². The van der Waals surface area contributed by atoms with Gasteiger partial charge in [0, 0.05) is 11.6 Å². The maximum atomic E-state index is 6.31. The summed E-state index contributed by atoms with van der Waals surface area (Å²) in [5.74, 6) is 0. The van der Waals surface area contributed by atoms with Gasteiger partial charge < -0.3 is 5.32 Å². The second kappa shape index (κ2) is 7.62. The quantitative estimate of drug-likeness (QED) is 0.837. The first-order chi connectivity index (χ1) is 10.2. The maximum absolute atomic E-state index is 6.31. The molecule has 1 atom stereocenters. The fourth-order valence-corrected chi connectivity index (χ4v) is 2.82. The first-order valence-corrected chi connectivity index (χ1v) is 8.10. The van der Waals surface area contributed by atoms with Crippen LogP contribution in [0.4, 0.5) is 0 Å². The summed E-state index contributed by atoms with van der Waals surface area (Å²) in [7, 11) is 0. The Balaban J connectivity index is 2.30. The van der Waals surface area contributed by atoms with E-state index in [1.165, 1.54) is 11.3 Å². The second-order valence-corrected chi connectivity index (χ2v) is 5.54. The Labute approximate surface area is 132 Å². The topological polar surface area (TPSA) is 29.9 Å². The summed E-state index contributed by atoms with van der Waals surface area (Å²) in [4.78, 5) is 0. The first-order valence-electron chi connectivity index (χ1n) is 7.72. The molecule has 1 aromatic heterocycles. The van der Waals surface area contributed by atoms with Gasteiger partial charge in [0.15, 0.2) is 0 Å². The summed E-state index contributed by atoms with van der Waals surface area (Å²) >= 11 is 6.31. The van der Waals surface area contributed by atoms with Crippen molar-refractivity contribution in [3.8, 4) is 0 Å². The van der Waals surface area contributed by atoms with Crippen molar-refractivity contribution < 1.29 is 0 Å². The highest BCUT2D eigenvalue weighted by Gasteiger charge is 2.18. The van der Waals surface area contributed by atoms with Crippen LogP contribution in [0.25, 0.3) is 0 Å². The Morgan fingerprint density at radius 3 is 2.62 bits per heavy atom. The van der Waals surface area contributed by atoms with Crippen molar-refractivity contribution in [1.82, 2.24) is 15.1 Å². The lowest BCUT2D eigenvalue weighted by atomic mass is 10.0. The van der Waals surface area contributed by atoms with Crippen LogP contribution < -0.4 is 5.32 Å². The molecular formula is C17H24ClN3. The van der Waals surface area contributed by atoms with Crippen LogP contribution in [-0.4, -0.2) is 16.3 Å². The predicted molar refractivity (Wildman–Crippen MR) is 88.9 cm³/mol. The number of nitrogens with zero attached hydrogens (tertiary/aromatic N) is 2. The molecule has 114 valence electrons. The van der Waals surface area contributed by atoms with Crippen molar-refractivity contribution in [2.45, 2.75) is 46.2 Å². The van der Waals surface area contributed by atoms with Gasteiger partial charge >= 0.3 is 0 Å². The van der Waals surface area contributed by atoms with E-state index >= 15 is 0 Å². The van der Waals surface area contributed by atoms with E-state index in [1.54, 1.807) is 0 Å². The Hall–Kier alpha value is -1.32. The normalized spacial score (nSPS) is 12.6. The van der Waals surface area contributed by atoms with Crippen LogP contribution in [0.15, 0.2) is 30.3 Å². The largest absolute Gasteiger partial charge is 0.309 e. The molecule has 2 rings (SSSR count). The van der Waals surface area contributed by atoms with Crippen LogP contribution in [0.5, 0.6) is 0 Å². The van der Waals surface area contributed by atoms with Crippen molar-refractivity contribution >= 4 is 11.6 Å². The zero-order valence-electron chi connectivity index (χ0n) is 13.1. The van der Waals surface area contributed by atoms with E-state index < -0.39 is 0 Å². The molecule has 0 radical (unpaired) electrons. The fourth-order valence-electron chi connectivity index (χ4n) is 2.60. The number of nitrogens with one attached hydrogen (secondary N) is 1. The van der Waals surface area contributed by atoms with Crippen LogP contribution in [0.3, 0.4) is 0 Å². The van der Waals surface area contributed by atoms with Crippen molar-refractivity contribution in [3.63, 3.8) is 0 Å². The van der Waals surface area contributed by atoms with Gasteiger partial charge in [-0.05, 0) is 44.0 Å². The van der Waals surface area contributed by atoms with Gasteiger partial charge in [-0.3, -0.25) is 4.68 Å². The Bertz CT molecular complexity index is 577. The lowest BCUT2D eigenvalue weighted by Gasteiger charge is -2.19. The minimum Gasteiger partial charge on any atom is -0.309 e. The number of aryl methyl sites for hydroxylation is 2. The molecule has 0 aliphatic rings. The smallest absolute Gasteiger partial charge is 0.0625 e. The number of benzene rings is 1. The molecular weight excluding hydrogens is 282 g/mol. The van der Waals surface area contributed by atoms with Gasteiger partial charge in [-0.2, -0.15) is 5.10 Å². The zero-order valence-corrected chi connectivity index (χ0v) is 13.8. The van der Waals surface area contributed by atoms with Crippen molar-refractivity contribution in [3.05, 3.63) is 52.3 Å². The highest BCUT2D eigenvalue weighted by Crippen LogP contribution is 2.24. The van der Waals surface area contributed by atoms with Crippen LogP contribution in [0, 0.1) is 0 Å². The molecule has 1 unspecified atom stereocenters. The SMILES string of the molecule is CCNC(Cc1ccccc1Cl)c1cc(CC)nn1CC. The monoisotopic (exact) mass is 305 g/mol. The molecule has 1 heterocycles. The first kappa shape index (κ1) is 16.1. The lowest BCUT2D eigenvalue weighted by Crippen LogP contribution is -2.25. The molecule has 1 aromatic carbocycles. The number of aromatic nitrogens is 2. The lowest BCUT2D eigenvalue weighted by molar-refractivity contribution is 0.489. The van der Waals surface area contributed by atoms with Crippen LogP contribution in [-0.2, 0) is 19.4 Å². The van der Waals surface area contributed by atoms with E-state index in [1.807, 2.05) is 18.2 Å². The molecule has 0 aliphatic carbocycles. The van der Waals surface area contributed by atoms with Gasteiger partial charge in [0.2, 0.25) is 0 Å². The number of likely N-dealkylation sites (N-methyl/N-ethyl adjacent to an activating group) is 1. The van der Waals surface area contributed by atoms with Gasteiger partial charge in [-0.1, -0.05) is 43.6 Å². The van der Waals surface area contributed by atoms with E-state index in [0.717, 1.165) is 36.6 Å². The Kier molecular flexibility index (Phi) is 5.83. The summed E-state index contributed by atoms with van der Waals surface area (Å²) in [6.45, 7) is 8.22. The van der Waals surface area contributed by atoms with E-state index in [2.05, 4.69) is 48.0 Å². The van der Waals surface area contributed by atoms with Crippen LogP contribution in [0.2, 0.25) is 5.02 Å². The molecule has 0 saturated carbocycles. The van der Waals surface area contributed by atoms with Crippen LogP contribution >= 0.6 is 11.6 Å². The number of hydrogen-bond acceptors (Lipinski definition) is 2. The predicted octanol–water partition coefficient (Wildman–Crippen LogP) is 4.01. The zero-order chi connectivity index (χ0) is 15.2. The minimum atomic E-state index is 0.239. The summed E-state index contributed by atoms with van der Waals surface area (Å²) in [6, 6.07) is 10.5. The third-order valence-electron chi connectivity index (χ3n) is 3.71. The average Bonchev–Trinajstić information content (AvgIpc) is 2.92. The van der Waals surface area contributed by atoms with Crippen molar-refractivity contribution in [1.29, 1.82) is 0 Å². The Morgan fingerprint density at radius 2 is 2.00 bits per heavy atom. The molecule has 21 heavy (non-hydrogen) atoms. The van der Waals surface area contributed by atoms with Crippen molar-refractivity contribution in [2.75, 3.05) is 6.54 Å². The molecule has 1 N–H and O–H groups in total. The van der Waals surface area contributed by atoms with Crippen molar-refractivity contribution in [2.24, 2.45) is 0 Å². The number of hydrogen-bond donors (Lipinski definition) is 1. The van der Waals surface area contributed by atoms with Gasteiger partial charge in [0.1, 0.15) is 0 Å².